The van der Waals surface area contributed by atoms with Crippen molar-refractivity contribution in [2.24, 2.45) is 0 Å². The lowest BCUT2D eigenvalue weighted by Crippen LogP contribution is -1.84. The van der Waals surface area contributed by atoms with Gasteiger partial charge in [-0.3, -0.25) is 0 Å². The molecule has 4 N–H and O–H groups in total. The molecular weight excluding hydrogens is 424 g/mol. The maximum atomic E-state index is 5.98. The summed E-state index contributed by atoms with van der Waals surface area (Å²) in [6, 6.07) is 14.8. The molecule has 5 rings (SSSR count). The van der Waals surface area contributed by atoms with E-state index in [-0.39, 0.29) is 0 Å². The summed E-state index contributed by atoms with van der Waals surface area (Å²) in [7, 11) is 0. The molecule has 6 heteroatoms. The van der Waals surface area contributed by atoms with E-state index in [9.17, 15) is 0 Å². The molecular formula is C28H26N4O2. The molecule has 4 aromatic rings. The van der Waals surface area contributed by atoms with Crippen molar-refractivity contribution < 1.29 is 8.83 Å². The monoisotopic (exact) mass is 450 g/mol. The molecule has 34 heavy (non-hydrogen) atoms. The first-order valence-electron chi connectivity index (χ1n) is 11.1. The van der Waals surface area contributed by atoms with Gasteiger partial charge in [-0.25, -0.2) is 9.97 Å². The fraction of sp³-hybridized carbons (Fsp3) is 0.0714. The molecule has 170 valence electrons. The standard InChI is InChI=1S/C26H20N4O2.C2H6/c27-19-13-9-17(10-14-19)25-29-21-5-1-3-7-23-22(6-2-4-8-24(21)32-25)30-26(31-23)18-11-15-20(28)16-12-18;1-2/h1-16H,27-28H2;1-2H3/b3-1?,4-2?,5-1-,6-2-,7-3-,8-4-,21-5?,22-6?,23-7?,24-8?;. The van der Waals surface area contributed by atoms with Crippen molar-refractivity contribution in [1.29, 1.82) is 0 Å². The molecule has 2 aromatic heterocycles. The Bertz CT molecular complexity index is 1200. The zero-order valence-corrected chi connectivity index (χ0v) is 19.1. The summed E-state index contributed by atoms with van der Waals surface area (Å²) in [6.07, 6.45) is 15.1. The number of hydrogen-bond donors (Lipinski definition) is 2. The van der Waals surface area contributed by atoms with Crippen molar-refractivity contribution in [3.05, 3.63) is 95.7 Å². The second-order valence-electron chi connectivity index (χ2n) is 7.22. The maximum absolute atomic E-state index is 5.98. The number of hydrogen-bond acceptors (Lipinski definition) is 6. The lowest BCUT2D eigenvalue weighted by molar-refractivity contribution is 0.564. The van der Waals surface area contributed by atoms with E-state index in [1.807, 2.05) is 111 Å². The summed E-state index contributed by atoms with van der Waals surface area (Å²) >= 11 is 0. The van der Waals surface area contributed by atoms with Crippen molar-refractivity contribution in [2.75, 3.05) is 11.5 Å². The number of allylic oxidation sites excluding steroid dienone is 4. The number of oxazole rings is 2. The van der Waals surface area contributed by atoms with E-state index in [1.165, 1.54) is 0 Å². The van der Waals surface area contributed by atoms with E-state index in [1.54, 1.807) is 0 Å². The minimum Gasteiger partial charge on any atom is -0.436 e. The third-order valence-corrected chi connectivity index (χ3v) is 4.90. The minimum atomic E-state index is 0.536. The quantitative estimate of drug-likeness (QED) is 0.320. The smallest absolute Gasteiger partial charge is 0.227 e. The average Bonchev–Trinajstić information content (AvgIpc) is 3.45. The molecule has 6 nitrogen and oxygen atoms in total. The van der Waals surface area contributed by atoms with Gasteiger partial charge >= 0.3 is 0 Å². The Morgan fingerprint density at radius 3 is 1.26 bits per heavy atom. The molecule has 2 aromatic carbocycles. The van der Waals surface area contributed by atoms with Crippen LogP contribution < -0.4 is 11.5 Å². The molecule has 0 spiro atoms. The highest BCUT2D eigenvalue weighted by Gasteiger charge is 2.12. The fourth-order valence-corrected chi connectivity index (χ4v) is 3.24. The Hall–Kier alpha value is -4.58. The highest BCUT2D eigenvalue weighted by atomic mass is 16.4. The van der Waals surface area contributed by atoms with Gasteiger partial charge in [-0.2, -0.15) is 0 Å². The predicted octanol–water partition coefficient (Wildman–Crippen LogP) is 6.95. The van der Waals surface area contributed by atoms with Crippen LogP contribution in [0.3, 0.4) is 0 Å². The van der Waals surface area contributed by atoms with Crippen molar-refractivity contribution in [3.63, 3.8) is 0 Å². The first-order chi connectivity index (χ1) is 16.7. The van der Waals surface area contributed by atoms with Crippen LogP contribution in [0.15, 0.2) is 81.7 Å². The molecule has 0 unspecified atom stereocenters. The first kappa shape index (κ1) is 22.6. The predicted molar refractivity (Wildman–Crippen MR) is 140 cm³/mol. The van der Waals surface area contributed by atoms with Gasteiger partial charge in [0.2, 0.25) is 11.8 Å². The second-order valence-corrected chi connectivity index (χ2v) is 7.22. The normalized spacial score (nSPS) is 15.9. The largest absolute Gasteiger partial charge is 0.436 e. The number of rotatable bonds is 2. The number of benzene rings is 2. The van der Waals surface area contributed by atoms with E-state index in [0.717, 1.165) is 22.5 Å². The molecule has 1 aliphatic rings. The van der Waals surface area contributed by atoms with Crippen molar-refractivity contribution in [1.82, 2.24) is 9.97 Å². The van der Waals surface area contributed by atoms with Gasteiger partial charge in [-0.1, -0.05) is 38.2 Å². The van der Waals surface area contributed by atoms with Crippen LogP contribution in [0.25, 0.3) is 47.2 Å². The Morgan fingerprint density at radius 1 is 0.529 bits per heavy atom. The van der Waals surface area contributed by atoms with Gasteiger partial charge < -0.3 is 20.3 Å². The van der Waals surface area contributed by atoms with E-state index in [4.69, 9.17) is 20.3 Å². The average molecular weight is 451 g/mol. The molecule has 2 heterocycles. The Kier molecular flexibility index (Phi) is 6.89. The van der Waals surface area contributed by atoms with Crippen LogP contribution in [0.4, 0.5) is 11.4 Å². The van der Waals surface area contributed by atoms with Gasteiger partial charge in [-0.05, 0) is 72.8 Å². The van der Waals surface area contributed by atoms with Crippen LogP contribution in [0.1, 0.15) is 36.8 Å². The van der Waals surface area contributed by atoms with Crippen molar-refractivity contribution >= 4 is 35.7 Å². The highest BCUT2D eigenvalue weighted by Crippen LogP contribution is 2.27. The third-order valence-electron chi connectivity index (χ3n) is 4.90. The third kappa shape index (κ3) is 5.07. The topological polar surface area (TPSA) is 104 Å². The molecule has 1 aliphatic carbocycles. The first-order valence-corrected chi connectivity index (χ1v) is 11.1. The summed E-state index contributed by atoms with van der Waals surface area (Å²) in [5.74, 6) is 2.40. The maximum Gasteiger partial charge on any atom is 0.227 e. The van der Waals surface area contributed by atoms with Crippen LogP contribution in [0, 0.1) is 0 Å². The van der Waals surface area contributed by atoms with Crippen LogP contribution in [-0.2, 0) is 0 Å². The summed E-state index contributed by atoms with van der Waals surface area (Å²) in [5, 5.41) is 0. The SMILES string of the molecule is CC.Nc1ccc(-c2nc3c(o2)/C=C\C=C/c2nc(-c4ccc(N)cc4)oc2/C=C\C=C/3)cc1. The van der Waals surface area contributed by atoms with Gasteiger partial charge in [0, 0.05) is 22.5 Å². The van der Waals surface area contributed by atoms with Crippen molar-refractivity contribution in [2.45, 2.75) is 13.8 Å². The molecule has 0 atom stereocenters. The van der Waals surface area contributed by atoms with E-state index < -0.39 is 0 Å². The summed E-state index contributed by atoms with van der Waals surface area (Å²) in [5.41, 5.74) is 16.1. The van der Waals surface area contributed by atoms with Gasteiger partial charge in [0.1, 0.15) is 11.4 Å². The molecule has 0 saturated heterocycles. The summed E-state index contributed by atoms with van der Waals surface area (Å²) in [4.78, 5) is 9.25. The molecule has 0 radical (unpaired) electrons. The lowest BCUT2D eigenvalue weighted by Gasteiger charge is -1.95. The van der Waals surface area contributed by atoms with E-state index in [0.29, 0.717) is 34.7 Å². The van der Waals surface area contributed by atoms with Crippen LogP contribution in [0.2, 0.25) is 0 Å². The van der Waals surface area contributed by atoms with Crippen molar-refractivity contribution in [3.8, 4) is 22.9 Å². The van der Waals surface area contributed by atoms with Crippen LogP contribution in [0.5, 0.6) is 0 Å². The fourth-order valence-electron chi connectivity index (χ4n) is 3.24. The van der Waals surface area contributed by atoms with Crippen LogP contribution >= 0.6 is 0 Å². The summed E-state index contributed by atoms with van der Waals surface area (Å²) in [6.45, 7) is 4.00. The molecule has 0 fully saturated rings. The van der Waals surface area contributed by atoms with E-state index >= 15 is 0 Å². The highest BCUT2D eigenvalue weighted by molar-refractivity contribution is 5.70. The number of nitrogen functional groups attached to an aromatic ring is 2. The van der Waals surface area contributed by atoms with Gasteiger partial charge in [0.15, 0.2) is 11.5 Å². The number of fused-ring (bicyclic) bond motifs is 2. The second kappa shape index (κ2) is 10.4. The zero-order valence-electron chi connectivity index (χ0n) is 19.1. The zero-order chi connectivity index (χ0) is 23.9. The summed E-state index contributed by atoms with van der Waals surface area (Å²) < 4.78 is 12.0. The number of anilines is 2. The Labute approximate surface area is 198 Å². The Morgan fingerprint density at radius 2 is 0.882 bits per heavy atom. The lowest BCUT2D eigenvalue weighted by atomic mass is 10.2. The minimum absolute atomic E-state index is 0.536. The molecule has 0 amide bonds. The van der Waals surface area contributed by atoms with E-state index in [2.05, 4.69) is 9.97 Å². The molecule has 0 saturated carbocycles. The Balaban J connectivity index is 0.00000133. The number of nitrogens with zero attached hydrogens (tertiary/aromatic N) is 2. The van der Waals surface area contributed by atoms with Gasteiger partial charge in [-0.15, -0.1) is 0 Å². The van der Waals surface area contributed by atoms with Crippen LogP contribution in [-0.4, -0.2) is 9.97 Å². The number of nitrogens with two attached hydrogens (primary N) is 2. The number of aromatic nitrogens is 2. The van der Waals surface area contributed by atoms with Gasteiger partial charge in [0.05, 0.1) is 0 Å². The molecule has 0 aliphatic heterocycles. The molecule has 0 bridgehead atoms. The van der Waals surface area contributed by atoms with Gasteiger partial charge in [0.25, 0.3) is 0 Å².